The predicted octanol–water partition coefficient (Wildman–Crippen LogP) is 3.56. The maximum absolute atomic E-state index is 3.59. The Kier molecular flexibility index (Phi) is 1.95. The average molecular weight is 238 g/mol. The molecule has 0 N–H and O–H groups in total. The van der Waals surface area contributed by atoms with Crippen molar-refractivity contribution in [3.63, 3.8) is 0 Å². The normalized spacial score (nSPS) is 11.1. The molecule has 0 fully saturated rings. The van der Waals surface area contributed by atoms with E-state index in [1.54, 1.807) is 0 Å². The van der Waals surface area contributed by atoms with Gasteiger partial charge in [-0.25, -0.2) is 0 Å². The number of fused-ring (bicyclic) bond motifs is 1. The number of nitrogens with zero attached hydrogens (tertiary/aromatic N) is 1. The first-order valence-electron chi connectivity index (χ1n) is 4.33. The van der Waals surface area contributed by atoms with Crippen LogP contribution < -0.4 is 0 Å². The van der Waals surface area contributed by atoms with Crippen molar-refractivity contribution in [1.82, 2.24) is 4.57 Å². The Morgan fingerprint density at radius 3 is 2.54 bits per heavy atom. The first-order chi connectivity index (χ1) is 6.13. The lowest BCUT2D eigenvalue weighted by Crippen LogP contribution is -1.86. The number of aromatic nitrogens is 1. The monoisotopic (exact) mass is 237 g/mol. The summed E-state index contributed by atoms with van der Waals surface area (Å²) >= 11 is 3.59. The maximum atomic E-state index is 3.59. The van der Waals surface area contributed by atoms with Crippen LogP contribution in [0, 0.1) is 13.8 Å². The van der Waals surface area contributed by atoms with Gasteiger partial charge in [-0.3, -0.25) is 0 Å². The molecule has 1 aromatic carbocycles. The van der Waals surface area contributed by atoms with Crippen molar-refractivity contribution < 1.29 is 0 Å². The molecule has 13 heavy (non-hydrogen) atoms. The van der Waals surface area contributed by atoms with Crippen LogP contribution in [0.5, 0.6) is 0 Å². The van der Waals surface area contributed by atoms with Crippen LogP contribution in [0.1, 0.15) is 11.1 Å². The summed E-state index contributed by atoms with van der Waals surface area (Å²) in [7, 11) is 2.08. The molecule has 0 radical (unpaired) electrons. The zero-order valence-corrected chi connectivity index (χ0v) is 9.64. The van der Waals surface area contributed by atoms with Gasteiger partial charge in [-0.15, -0.1) is 0 Å². The Morgan fingerprint density at radius 2 is 1.92 bits per heavy atom. The van der Waals surface area contributed by atoms with Gasteiger partial charge in [-0.05, 0) is 47.0 Å². The summed E-state index contributed by atoms with van der Waals surface area (Å²) in [5, 5.41) is 1.37. The number of aryl methyl sites for hydroxylation is 3. The molecule has 0 saturated heterocycles. The minimum Gasteiger partial charge on any atom is -0.338 e. The van der Waals surface area contributed by atoms with Crippen molar-refractivity contribution >= 4 is 26.8 Å². The van der Waals surface area contributed by atoms with Gasteiger partial charge in [0.05, 0.1) is 4.60 Å². The third-order valence-corrected chi connectivity index (χ3v) is 3.72. The maximum Gasteiger partial charge on any atom is 0.0884 e. The van der Waals surface area contributed by atoms with Gasteiger partial charge in [0.1, 0.15) is 0 Å². The van der Waals surface area contributed by atoms with Gasteiger partial charge in [0.15, 0.2) is 0 Å². The SMILES string of the molecule is Cc1cccc2c1c(C)c(Br)n2C. The molecule has 1 aromatic heterocycles. The van der Waals surface area contributed by atoms with Gasteiger partial charge in [0.2, 0.25) is 0 Å². The highest BCUT2D eigenvalue weighted by Gasteiger charge is 2.09. The summed E-state index contributed by atoms with van der Waals surface area (Å²) in [4.78, 5) is 0. The summed E-state index contributed by atoms with van der Waals surface area (Å²) in [5.41, 5.74) is 3.97. The minimum atomic E-state index is 1.18. The zero-order chi connectivity index (χ0) is 9.59. The number of hydrogen-bond donors (Lipinski definition) is 0. The van der Waals surface area contributed by atoms with Crippen LogP contribution in [-0.2, 0) is 7.05 Å². The molecule has 0 atom stereocenters. The van der Waals surface area contributed by atoms with E-state index in [4.69, 9.17) is 0 Å². The van der Waals surface area contributed by atoms with E-state index >= 15 is 0 Å². The van der Waals surface area contributed by atoms with Crippen LogP contribution in [-0.4, -0.2) is 4.57 Å². The lowest BCUT2D eigenvalue weighted by molar-refractivity contribution is 0.934. The zero-order valence-electron chi connectivity index (χ0n) is 8.06. The van der Waals surface area contributed by atoms with E-state index in [9.17, 15) is 0 Å². The van der Waals surface area contributed by atoms with Crippen LogP contribution >= 0.6 is 15.9 Å². The first-order valence-corrected chi connectivity index (χ1v) is 5.12. The molecule has 0 unspecified atom stereocenters. The summed E-state index contributed by atoms with van der Waals surface area (Å²) in [6, 6.07) is 6.41. The van der Waals surface area contributed by atoms with Crippen molar-refractivity contribution in [3.8, 4) is 0 Å². The standard InChI is InChI=1S/C11H12BrN/c1-7-5-4-6-9-10(7)8(2)11(12)13(9)3/h4-6H,1-3H3. The molecular formula is C11H12BrN. The van der Waals surface area contributed by atoms with Crippen LogP contribution in [0.15, 0.2) is 22.8 Å². The molecular weight excluding hydrogens is 226 g/mol. The number of halogens is 1. The molecule has 0 spiro atoms. The lowest BCUT2D eigenvalue weighted by atomic mass is 10.1. The fourth-order valence-corrected chi connectivity index (χ4v) is 2.27. The van der Waals surface area contributed by atoms with Gasteiger partial charge in [0.25, 0.3) is 0 Å². The minimum absolute atomic E-state index is 1.18. The van der Waals surface area contributed by atoms with Gasteiger partial charge in [-0.1, -0.05) is 12.1 Å². The molecule has 0 saturated carbocycles. The fraction of sp³-hybridized carbons (Fsp3) is 0.273. The van der Waals surface area contributed by atoms with Gasteiger partial charge < -0.3 is 4.57 Å². The van der Waals surface area contributed by atoms with Crippen LogP contribution in [0.3, 0.4) is 0 Å². The smallest absolute Gasteiger partial charge is 0.0884 e. The molecule has 68 valence electrons. The van der Waals surface area contributed by atoms with Crippen molar-refractivity contribution in [2.75, 3.05) is 0 Å². The van der Waals surface area contributed by atoms with Crippen molar-refractivity contribution in [1.29, 1.82) is 0 Å². The molecule has 1 heterocycles. The summed E-state index contributed by atoms with van der Waals surface area (Å²) in [6.07, 6.45) is 0. The molecule has 2 aromatic rings. The molecule has 0 amide bonds. The second-order valence-electron chi connectivity index (χ2n) is 3.44. The number of rotatable bonds is 0. The molecule has 0 aliphatic carbocycles. The van der Waals surface area contributed by atoms with Crippen LogP contribution in [0.4, 0.5) is 0 Å². The van der Waals surface area contributed by atoms with E-state index in [-0.39, 0.29) is 0 Å². The average Bonchev–Trinajstić information content (AvgIpc) is 2.33. The third kappa shape index (κ3) is 1.12. The lowest BCUT2D eigenvalue weighted by Gasteiger charge is -1.98. The van der Waals surface area contributed by atoms with Crippen molar-refractivity contribution in [3.05, 3.63) is 33.9 Å². The van der Waals surface area contributed by atoms with Crippen molar-refractivity contribution in [2.45, 2.75) is 13.8 Å². The van der Waals surface area contributed by atoms with E-state index in [0.717, 1.165) is 0 Å². The van der Waals surface area contributed by atoms with Gasteiger partial charge in [-0.2, -0.15) is 0 Å². The fourth-order valence-electron chi connectivity index (χ4n) is 1.88. The van der Waals surface area contributed by atoms with Crippen molar-refractivity contribution in [2.24, 2.45) is 7.05 Å². The largest absolute Gasteiger partial charge is 0.338 e. The van der Waals surface area contributed by atoms with Crippen LogP contribution in [0.25, 0.3) is 10.9 Å². The Hall–Kier alpha value is -0.760. The first kappa shape index (κ1) is 8.82. The topological polar surface area (TPSA) is 4.93 Å². The molecule has 0 bridgehead atoms. The van der Waals surface area contributed by atoms with E-state index in [2.05, 4.69) is 59.6 Å². The Balaban J connectivity index is 3.03. The molecule has 0 aliphatic rings. The van der Waals surface area contributed by atoms with E-state index in [1.165, 1.54) is 26.6 Å². The van der Waals surface area contributed by atoms with Gasteiger partial charge >= 0.3 is 0 Å². The number of benzene rings is 1. The van der Waals surface area contributed by atoms with E-state index in [0.29, 0.717) is 0 Å². The molecule has 2 heteroatoms. The molecule has 1 nitrogen and oxygen atoms in total. The predicted molar refractivity (Wildman–Crippen MR) is 60.1 cm³/mol. The quantitative estimate of drug-likeness (QED) is 0.661. The highest BCUT2D eigenvalue weighted by atomic mass is 79.9. The highest BCUT2D eigenvalue weighted by molar-refractivity contribution is 9.10. The third-order valence-electron chi connectivity index (χ3n) is 2.59. The highest BCUT2D eigenvalue weighted by Crippen LogP contribution is 2.30. The van der Waals surface area contributed by atoms with E-state index < -0.39 is 0 Å². The number of hydrogen-bond acceptors (Lipinski definition) is 0. The Labute approximate surface area is 86.5 Å². The van der Waals surface area contributed by atoms with Gasteiger partial charge in [0, 0.05) is 18.0 Å². The molecule has 2 rings (SSSR count). The summed E-state index contributed by atoms with van der Waals surface area (Å²) in [6.45, 7) is 4.31. The second kappa shape index (κ2) is 2.88. The Morgan fingerprint density at radius 1 is 1.23 bits per heavy atom. The molecule has 0 aliphatic heterocycles. The Bertz CT molecular complexity index is 468. The van der Waals surface area contributed by atoms with Crippen LogP contribution in [0.2, 0.25) is 0 Å². The van der Waals surface area contributed by atoms with E-state index in [1.807, 2.05) is 0 Å². The summed E-state index contributed by atoms with van der Waals surface area (Å²) in [5.74, 6) is 0. The summed E-state index contributed by atoms with van der Waals surface area (Å²) < 4.78 is 3.36. The second-order valence-corrected chi connectivity index (χ2v) is 4.20.